The highest BCUT2D eigenvalue weighted by Crippen LogP contribution is 2.43. The largest absolute Gasteiger partial charge is 0.339 e. The van der Waals surface area contributed by atoms with Gasteiger partial charge in [-0.1, -0.05) is 19.0 Å². The molecule has 2 rings (SSSR count). The van der Waals surface area contributed by atoms with Gasteiger partial charge < -0.3 is 10.3 Å². The molecule has 1 aliphatic rings. The van der Waals surface area contributed by atoms with Crippen molar-refractivity contribution in [1.29, 1.82) is 0 Å². The van der Waals surface area contributed by atoms with Gasteiger partial charge in [0.15, 0.2) is 5.82 Å². The van der Waals surface area contributed by atoms with Crippen LogP contribution in [0.3, 0.4) is 0 Å². The molecule has 2 N–H and O–H groups in total. The number of nitrogens with zero attached hydrogens (tertiary/aromatic N) is 2. The number of nitrogens with two attached hydrogens (primary N) is 1. The van der Waals surface area contributed by atoms with Crippen LogP contribution in [0.2, 0.25) is 0 Å². The van der Waals surface area contributed by atoms with Gasteiger partial charge in [0.1, 0.15) is 0 Å². The molecule has 1 aliphatic heterocycles. The molecule has 3 unspecified atom stereocenters. The summed E-state index contributed by atoms with van der Waals surface area (Å²) in [6.07, 6.45) is 2.10. The zero-order valence-electron chi connectivity index (χ0n) is 11.0. The van der Waals surface area contributed by atoms with E-state index in [0.717, 1.165) is 18.7 Å². The van der Waals surface area contributed by atoms with Crippen LogP contribution < -0.4 is 5.73 Å². The molecule has 0 spiro atoms. The van der Waals surface area contributed by atoms with Crippen molar-refractivity contribution in [3.8, 4) is 0 Å². The lowest BCUT2D eigenvalue weighted by molar-refractivity contribution is 0.347. The predicted octanol–water partition coefficient (Wildman–Crippen LogP) is 2.82. The zero-order valence-corrected chi connectivity index (χ0v) is 12.6. The fourth-order valence-corrected chi connectivity index (χ4v) is 5.09. The Balaban J connectivity index is 2.12. The highest BCUT2D eigenvalue weighted by Gasteiger charge is 2.31. The molecular formula is C12H21N3OS2. The first-order valence-corrected chi connectivity index (χ1v) is 8.66. The van der Waals surface area contributed by atoms with E-state index in [0.29, 0.717) is 22.9 Å². The fraction of sp³-hybridized carbons (Fsp3) is 0.833. The van der Waals surface area contributed by atoms with E-state index >= 15 is 0 Å². The van der Waals surface area contributed by atoms with Gasteiger partial charge in [-0.15, -0.1) is 11.8 Å². The Morgan fingerprint density at radius 1 is 1.39 bits per heavy atom. The Kier molecular flexibility index (Phi) is 5.38. The third kappa shape index (κ3) is 3.03. The van der Waals surface area contributed by atoms with Crippen LogP contribution in [0.4, 0.5) is 0 Å². The van der Waals surface area contributed by atoms with Crippen molar-refractivity contribution in [1.82, 2.24) is 10.1 Å². The van der Waals surface area contributed by atoms with Crippen LogP contribution in [0.5, 0.6) is 0 Å². The summed E-state index contributed by atoms with van der Waals surface area (Å²) in [6, 6.07) is 0. The molecule has 1 aromatic rings. The van der Waals surface area contributed by atoms with E-state index in [9.17, 15) is 0 Å². The summed E-state index contributed by atoms with van der Waals surface area (Å²) >= 11 is 3.98. The Morgan fingerprint density at radius 3 is 2.83 bits per heavy atom. The maximum absolute atomic E-state index is 5.72. The molecule has 18 heavy (non-hydrogen) atoms. The van der Waals surface area contributed by atoms with E-state index in [1.165, 1.54) is 11.5 Å². The average molecular weight is 287 g/mol. The lowest BCUT2D eigenvalue weighted by Crippen LogP contribution is -2.19. The van der Waals surface area contributed by atoms with Crippen molar-refractivity contribution in [3.05, 3.63) is 11.7 Å². The monoisotopic (exact) mass is 287 g/mol. The molecule has 2 heterocycles. The quantitative estimate of drug-likeness (QED) is 0.898. The summed E-state index contributed by atoms with van der Waals surface area (Å²) in [5.41, 5.74) is 5.72. The number of hydrogen-bond acceptors (Lipinski definition) is 6. The zero-order chi connectivity index (χ0) is 13.0. The maximum Gasteiger partial charge on any atom is 0.231 e. The first-order chi connectivity index (χ1) is 8.80. The van der Waals surface area contributed by atoms with Crippen LogP contribution >= 0.6 is 23.5 Å². The fourth-order valence-electron chi connectivity index (χ4n) is 2.11. The molecule has 4 nitrogen and oxygen atoms in total. The second-order valence-electron chi connectivity index (χ2n) is 4.44. The molecule has 0 saturated carbocycles. The summed E-state index contributed by atoms with van der Waals surface area (Å²) < 4.78 is 5.39. The van der Waals surface area contributed by atoms with Crippen LogP contribution in [0.1, 0.15) is 49.6 Å². The smallest absolute Gasteiger partial charge is 0.231 e. The first kappa shape index (κ1) is 14.2. The third-order valence-electron chi connectivity index (χ3n) is 3.29. The minimum Gasteiger partial charge on any atom is -0.339 e. The lowest BCUT2D eigenvalue weighted by Gasteiger charge is -2.27. The minimum absolute atomic E-state index is 0.201. The van der Waals surface area contributed by atoms with E-state index in [2.05, 4.69) is 24.0 Å². The van der Waals surface area contributed by atoms with Gasteiger partial charge in [0.25, 0.3) is 0 Å². The normalized spacial score (nSPS) is 26.2. The molecule has 0 aliphatic carbocycles. The second kappa shape index (κ2) is 6.82. The van der Waals surface area contributed by atoms with E-state index in [1.807, 2.05) is 23.5 Å². The topological polar surface area (TPSA) is 64.9 Å². The van der Waals surface area contributed by atoms with Gasteiger partial charge in [0.05, 0.1) is 11.2 Å². The Bertz CT molecular complexity index is 368. The number of thioether (sulfide) groups is 2. The van der Waals surface area contributed by atoms with Crippen LogP contribution in [-0.4, -0.2) is 33.4 Å². The van der Waals surface area contributed by atoms with Gasteiger partial charge in [-0.2, -0.15) is 16.7 Å². The van der Waals surface area contributed by atoms with Gasteiger partial charge >= 0.3 is 0 Å². The highest BCUT2D eigenvalue weighted by molar-refractivity contribution is 8.06. The van der Waals surface area contributed by atoms with Crippen LogP contribution in [0.25, 0.3) is 0 Å². The molecule has 1 saturated heterocycles. The molecule has 0 radical (unpaired) electrons. The second-order valence-corrected chi connectivity index (χ2v) is 7.04. The molecule has 0 bridgehead atoms. The van der Waals surface area contributed by atoms with E-state index in [-0.39, 0.29) is 5.92 Å². The molecular weight excluding hydrogens is 266 g/mol. The van der Waals surface area contributed by atoms with Gasteiger partial charge in [0, 0.05) is 23.3 Å². The lowest BCUT2D eigenvalue weighted by atomic mass is 10.1. The van der Waals surface area contributed by atoms with Crippen LogP contribution in [0.15, 0.2) is 4.52 Å². The highest BCUT2D eigenvalue weighted by atomic mass is 32.2. The Hall–Kier alpha value is -0.200. The molecule has 102 valence electrons. The Morgan fingerprint density at radius 2 is 2.17 bits per heavy atom. The van der Waals surface area contributed by atoms with Crippen molar-refractivity contribution in [2.24, 2.45) is 5.73 Å². The standard InChI is InChI=1S/C12H21N3OS2/c1-3-8(7-13)12-14-11(15-16-12)10-9(4-2)17-5-6-18-10/h8-10H,3-7,13H2,1-2H3. The summed E-state index contributed by atoms with van der Waals surface area (Å²) in [5, 5.41) is 5.16. The summed E-state index contributed by atoms with van der Waals surface area (Å²) in [4.78, 5) is 4.58. The molecule has 6 heteroatoms. The summed E-state index contributed by atoms with van der Waals surface area (Å²) in [7, 11) is 0. The van der Waals surface area contributed by atoms with E-state index in [4.69, 9.17) is 10.3 Å². The molecule has 0 amide bonds. The van der Waals surface area contributed by atoms with Gasteiger partial charge in [-0.05, 0) is 12.8 Å². The van der Waals surface area contributed by atoms with Gasteiger partial charge in [-0.3, -0.25) is 0 Å². The maximum atomic E-state index is 5.72. The van der Waals surface area contributed by atoms with Crippen molar-refractivity contribution < 1.29 is 4.52 Å². The van der Waals surface area contributed by atoms with E-state index in [1.54, 1.807) is 0 Å². The minimum atomic E-state index is 0.201. The van der Waals surface area contributed by atoms with Gasteiger partial charge in [-0.25, -0.2) is 0 Å². The van der Waals surface area contributed by atoms with Crippen molar-refractivity contribution in [3.63, 3.8) is 0 Å². The number of rotatable bonds is 5. The third-order valence-corrected chi connectivity index (χ3v) is 6.53. The van der Waals surface area contributed by atoms with Crippen molar-refractivity contribution >= 4 is 23.5 Å². The molecule has 0 aromatic carbocycles. The number of aromatic nitrogens is 2. The molecule has 1 aromatic heterocycles. The van der Waals surface area contributed by atoms with E-state index < -0.39 is 0 Å². The predicted molar refractivity (Wildman–Crippen MR) is 78.1 cm³/mol. The molecule has 1 fully saturated rings. The average Bonchev–Trinajstić information content (AvgIpc) is 2.89. The van der Waals surface area contributed by atoms with Gasteiger partial charge in [0.2, 0.25) is 5.89 Å². The van der Waals surface area contributed by atoms with Crippen LogP contribution in [-0.2, 0) is 0 Å². The Labute approximate surface area is 117 Å². The van der Waals surface area contributed by atoms with Crippen molar-refractivity contribution in [2.75, 3.05) is 18.1 Å². The van der Waals surface area contributed by atoms with Crippen molar-refractivity contribution in [2.45, 2.75) is 43.1 Å². The first-order valence-electron chi connectivity index (χ1n) is 6.56. The number of hydrogen-bond donors (Lipinski definition) is 1. The molecule has 3 atom stereocenters. The summed E-state index contributed by atoms with van der Waals surface area (Å²) in [6.45, 7) is 4.90. The SMILES string of the molecule is CCC(CN)c1nc(C2SCCSC2CC)no1. The van der Waals surface area contributed by atoms with Crippen LogP contribution in [0, 0.1) is 0 Å². The summed E-state index contributed by atoms with van der Waals surface area (Å²) in [5.74, 6) is 4.17.